The van der Waals surface area contributed by atoms with Crippen LogP contribution in [0.25, 0.3) is 0 Å². The molecule has 13 heteroatoms. The monoisotopic (exact) mass is 324 g/mol. The molecule has 0 bridgehead atoms. The van der Waals surface area contributed by atoms with Crippen molar-refractivity contribution < 1.29 is 48.9 Å². The zero-order valence-electron chi connectivity index (χ0n) is 8.42. The Kier molecular flexibility index (Phi) is 4.69. The SMILES string of the molecule is [NH3+]CCC(S(=O)(=O)C(F)(F)F)S(=O)(=O)C(F)(F)F. The van der Waals surface area contributed by atoms with Gasteiger partial charge in [0.1, 0.15) is 0 Å². The second kappa shape index (κ2) is 4.85. The first-order chi connectivity index (χ1) is 7.69. The van der Waals surface area contributed by atoms with Gasteiger partial charge in [-0.2, -0.15) is 26.3 Å². The minimum absolute atomic E-state index is 0.727. The van der Waals surface area contributed by atoms with Crippen molar-refractivity contribution in [3.05, 3.63) is 0 Å². The Morgan fingerprint density at radius 1 is 0.833 bits per heavy atom. The van der Waals surface area contributed by atoms with Crippen LogP contribution in [0.15, 0.2) is 0 Å². The van der Waals surface area contributed by atoms with Crippen LogP contribution in [0.2, 0.25) is 0 Å². The molecule has 0 aromatic carbocycles. The number of sulfone groups is 2. The predicted molar refractivity (Wildman–Crippen MR) is 46.1 cm³/mol. The summed E-state index contributed by atoms with van der Waals surface area (Å²) in [6.07, 6.45) is -1.40. The third kappa shape index (κ3) is 3.06. The first-order valence-corrected chi connectivity index (χ1v) is 7.18. The maximum absolute atomic E-state index is 12.1. The Hall–Kier alpha value is -0.560. The van der Waals surface area contributed by atoms with E-state index in [1.807, 2.05) is 0 Å². The Labute approximate surface area is 97.8 Å². The van der Waals surface area contributed by atoms with Crippen LogP contribution in [0.3, 0.4) is 0 Å². The van der Waals surface area contributed by atoms with Crippen molar-refractivity contribution in [1.29, 1.82) is 0 Å². The van der Waals surface area contributed by atoms with Gasteiger partial charge in [-0.15, -0.1) is 0 Å². The summed E-state index contributed by atoms with van der Waals surface area (Å²) in [5.41, 5.74) is -9.33. The van der Waals surface area contributed by atoms with E-state index in [4.69, 9.17) is 0 Å². The number of hydrogen-bond donors (Lipinski definition) is 1. The van der Waals surface area contributed by atoms with Gasteiger partial charge in [0, 0.05) is 6.42 Å². The molecule has 0 aliphatic heterocycles. The first-order valence-electron chi connectivity index (χ1n) is 4.09. The molecule has 18 heavy (non-hydrogen) atoms. The Bertz CT molecular complexity index is 445. The fraction of sp³-hybridized carbons (Fsp3) is 1.00. The summed E-state index contributed by atoms with van der Waals surface area (Å²) in [5, 5.41) is 0. The summed E-state index contributed by atoms with van der Waals surface area (Å²) < 4.78 is 112. The van der Waals surface area contributed by atoms with Crippen LogP contribution in [0.1, 0.15) is 6.42 Å². The second-order valence-corrected chi connectivity index (χ2v) is 7.60. The van der Waals surface area contributed by atoms with E-state index in [0.717, 1.165) is 0 Å². The first kappa shape index (κ1) is 17.4. The molecule has 0 aromatic rings. The summed E-state index contributed by atoms with van der Waals surface area (Å²) in [6.45, 7) is -0.727. The highest BCUT2D eigenvalue weighted by Crippen LogP contribution is 2.37. The minimum atomic E-state index is -6.49. The van der Waals surface area contributed by atoms with E-state index in [1.54, 1.807) is 0 Å². The Balaban J connectivity index is 5.95. The van der Waals surface area contributed by atoms with Crippen LogP contribution in [0, 0.1) is 0 Å². The van der Waals surface area contributed by atoms with Crippen LogP contribution in [0.4, 0.5) is 26.3 Å². The average molecular weight is 324 g/mol. The molecule has 110 valence electrons. The zero-order chi connectivity index (χ0) is 15.0. The van der Waals surface area contributed by atoms with E-state index in [2.05, 4.69) is 5.73 Å². The third-order valence-electron chi connectivity index (χ3n) is 1.78. The Morgan fingerprint density at radius 3 is 1.28 bits per heavy atom. The van der Waals surface area contributed by atoms with E-state index in [-0.39, 0.29) is 0 Å². The molecule has 0 aliphatic rings. The van der Waals surface area contributed by atoms with Gasteiger partial charge in [0.05, 0.1) is 6.54 Å². The number of quaternary nitrogens is 1. The molecule has 0 atom stereocenters. The van der Waals surface area contributed by atoms with Crippen molar-refractivity contribution in [2.24, 2.45) is 0 Å². The molecule has 0 saturated carbocycles. The maximum atomic E-state index is 12.1. The van der Waals surface area contributed by atoms with Gasteiger partial charge < -0.3 is 5.73 Å². The topological polar surface area (TPSA) is 95.9 Å². The number of hydrogen-bond acceptors (Lipinski definition) is 4. The lowest BCUT2D eigenvalue weighted by atomic mass is 10.5. The van der Waals surface area contributed by atoms with Crippen LogP contribution in [0.5, 0.6) is 0 Å². The zero-order valence-corrected chi connectivity index (χ0v) is 10.0. The smallest absolute Gasteiger partial charge is 0.357 e. The fourth-order valence-electron chi connectivity index (χ4n) is 0.942. The molecular weight excluding hydrogens is 316 g/mol. The molecule has 5 nitrogen and oxygen atoms in total. The molecule has 0 amide bonds. The van der Waals surface area contributed by atoms with Crippen LogP contribution in [-0.2, 0) is 19.7 Å². The molecule has 0 radical (unpaired) electrons. The van der Waals surface area contributed by atoms with Crippen LogP contribution >= 0.6 is 0 Å². The van der Waals surface area contributed by atoms with Gasteiger partial charge in [-0.05, 0) is 0 Å². The van der Waals surface area contributed by atoms with Gasteiger partial charge in [-0.3, -0.25) is 0 Å². The highest BCUT2D eigenvalue weighted by molar-refractivity contribution is 8.09. The van der Waals surface area contributed by atoms with E-state index < -0.39 is 48.2 Å². The van der Waals surface area contributed by atoms with Gasteiger partial charge in [0.15, 0.2) is 4.58 Å². The molecular formula is C5H8F6NO4S2+. The van der Waals surface area contributed by atoms with Crippen LogP contribution in [-0.4, -0.2) is 39.0 Å². The Morgan fingerprint density at radius 2 is 1.11 bits per heavy atom. The highest BCUT2D eigenvalue weighted by Gasteiger charge is 2.62. The third-order valence-corrected chi connectivity index (χ3v) is 6.44. The van der Waals surface area contributed by atoms with E-state index in [9.17, 15) is 43.2 Å². The standard InChI is InChI=1S/C5H7F6NO4S2/c6-4(7,8)17(13,14)3(1-2-12)18(15,16)5(9,10)11/h3H,1-2,12H2/p+1. The van der Waals surface area contributed by atoms with E-state index in [0.29, 0.717) is 0 Å². The molecule has 0 spiro atoms. The van der Waals surface area contributed by atoms with Crippen LogP contribution < -0.4 is 5.73 Å². The predicted octanol–water partition coefficient (Wildman–Crippen LogP) is -0.186. The number of halogens is 6. The summed E-state index contributed by atoms with van der Waals surface area (Å²) in [4.78, 5) is 0. The molecule has 0 saturated heterocycles. The number of alkyl halides is 6. The molecule has 0 aliphatic carbocycles. The fourth-order valence-corrected chi connectivity index (χ4v) is 4.48. The summed E-state index contributed by atoms with van der Waals surface area (Å²) in [5.74, 6) is 0. The van der Waals surface area contributed by atoms with Crippen molar-refractivity contribution >= 4 is 19.7 Å². The molecule has 0 fully saturated rings. The van der Waals surface area contributed by atoms with Crippen molar-refractivity contribution in [3.63, 3.8) is 0 Å². The lowest BCUT2D eigenvalue weighted by molar-refractivity contribution is -0.367. The van der Waals surface area contributed by atoms with E-state index in [1.165, 1.54) is 0 Å². The van der Waals surface area contributed by atoms with Crippen molar-refractivity contribution in [2.75, 3.05) is 6.54 Å². The molecule has 0 heterocycles. The highest BCUT2D eigenvalue weighted by atomic mass is 32.3. The second-order valence-electron chi connectivity index (χ2n) is 3.05. The molecule has 0 aromatic heterocycles. The van der Waals surface area contributed by atoms with Gasteiger partial charge >= 0.3 is 11.0 Å². The summed E-state index contributed by atoms with van der Waals surface area (Å²) in [6, 6.07) is 0. The van der Waals surface area contributed by atoms with Gasteiger partial charge in [0.2, 0.25) is 0 Å². The largest absolute Gasteiger partial charge is 0.498 e. The number of rotatable bonds is 4. The molecule has 3 N–H and O–H groups in total. The van der Waals surface area contributed by atoms with Gasteiger partial charge in [-0.1, -0.05) is 0 Å². The minimum Gasteiger partial charge on any atom is -0.357 e. The van der Waals surface area contributed by atoms with Gasteiger partial charge in [0.25, 0.3) is 19.7 Å². The van der Waals surface area contributed by atoms with Gasteiger partial charge in [-0.25, -0.2) is 16.8 Å². The summed E-state index contributed by atoms with van der Waals surface area (Å²) in [7, 11) is -13.0. The average Bonchev–Trinajstić information content (AvgIpc) is 2.09. The van der Waals surface area contributed by atoms with Crippen molar-refractivity contribution in [3.8, 4) is 0 Å². The van der Waals surface area contributed by atoms with E-state index >= 15 is 0 Å². The molecule has 0 rings (SSSR count). The quantitative estimate of drug-likeness (QED) is 0.725. The summed E-state index contributed by atoms with van der Waals surface area (Å²) >= 11 is 0. The maximum Gasteiger partial charge on any atom is 0.498 e. The van der Waals surface area contributed by atoms with Crippen molar-refractivity contribution in [2.45, 2.75) is 22.0 Å². The molecule has 0 unspecified atom stereocenters. The van der Waals surface area contributed by atoms with Crippen molar-refractivity contribution in [1.82, 2.24) is 0 Å². The lowest BCUT2D eigenvalue weighted by Crippen LogP contribution is -2.54. The normalized spacial score (nSPS) is 15.1. The lowest BCUT2D eigenvalue weighted by Gasteiger charge is -2.19.